The van der Waals surface area contributed by atoms with E-state index in [1.54, 1.807) is 13.1 Å². The second-order valence-corrected chi connectivity index (χ2v) is 4.42. The first-order valence-electron chi connectivity index (χ1n) is 6.18. The number of benzene rings is 1. The number of hydrogen-bond donors (Lipinski definition) is 0. The van der Waals surface area contributed by atoms with Crippen LogP contribution >= 0.6 is 0 Å². The van der Waals surface area contributed by atoms with Crippen molar-refractivity contribution in [3.05, 3.63) is 36.0 Å². The van der Waals surface area contributed by atoms with E-state index in [1.165, 1.54) is 0 Å². The van der Waals surface area contributed by atoms with Gasteiger partial charge in [0.1, 0.15) is 5.78 Å². The molecule has 94 valence electrons. The number of carbonyl (C=O) groups is 1. The van der Waals surface area contributed by atoms with E-state index in [4.69, 9.17) is 0 Å². The predicted octanol–water partition coefficient (Wildman–Crippen LogP) is 2.49. The smallest absolute Gasteiger partial charge is 0.134 e. The van der Waals surface area contributed by atoms with Gasteiger partial charge in [0.25, 0.3) is 0 Å². The molecule has 4 nitrogen and oxygen atoms in total. The first kappa shape index (κ1) is 12.5. The molecule has 1 heterocycles. The molecule has 18 heavy (non-hydrogen) atoms. The van der Waals surface area contributed by atoms with Gasteiger partial charge in [-0.15, -0.1) is 5.10 Å². The Morgan fingerprint density at radius 2 is 2.00 bits per heavy atom. The van der Waals surface area contributed by atoms with Crippen molar-refractivity contribution in [3.8, 4) is 11.3 Å². The lowest BCUT2D eigenvalue weighted by Crippen LogP contribution is -2.01. The molecule has 4 heteroatoms. The van der Waals surface area contributed by atoms with E-state index in [2.05, 4.69) is 17.2 Å². The van der Waals surface area contributed by atoms with Gasteiger partial charge in [-0.3, -0.25) is 4.79 Å². The molecule has 0 aliphatic rings. The molecule has 2 aromatic rings. The zero-order valence-corrected chi connectivity index (χ0v) is 10.8. The summed E-state index contributed by atoms with van der Waals surface area (Å²) in [6.07, 6.45) is 3.29. The van der Waals surface area contributed by atoms with Gasteiger partial charge in [0.15, 0.2) is 0 Å². The third-order valence-corrected chi connectivity index (χ3v) is 2.76. The Hall–Kier alpha value is -1.97. The molecule has 0 N–H and O–H groups in total. The molecule has 0 atom stereocenters. The van der Waals surface area contributed by atoms with Crippen molar-refractivity contribution in [1.82, 2.24) is 15.0 Å². The summed E-state index contributed by atoms with van der Waals surface area (Å²) >= 11 is 0. The normalized spacial score (nSPS) is 10.6. The summed E-state index contributed by atoms with van der Waals surface area (Å²) < 4.78 is 1.90. The van der Waals surface area contributed by atoms with Crippen LogP contribution in [0, 0.1) is 0 Å². The highest BCUT2D eigenvalue weighted by molar-refractivity contribution is 5.78. The molecule has 0 bridgehead atoms. The molecule has 0 saturated heterocycles. The van der Waals surface area contributed by atoms with Crippen LogP contribution in [0.15, 0.2) is 30.5 Å². The van der Waals surface area contributed by atoms with Crippen LogP contribution in [0.4, 0.5) is 0 Å². The fourth-order valence-corrected chi connectivity index (χ4v) is 1.94. The third-order valence-electron chi connectivity index (χ3n) is 2.76. The number of ketones is 1. The zero-order valence-electron chi connectivity index (χ0n) is 10.8. The second-order valence-electron chi connectivity index (χ2n) is 4.42. The van der Waals surface area contributed by atoms with Gasteiger partial charge >= 0.3 is 0 Å². The van der Waals surface area contributed by atoms with Gasteiger partial charge in [0, 0.05) is 18.5 Å². The molecule has 0 fully saturated rings. The van der Waals surface area contributed by atoms with E-state index < -0.39 is 0 Å². The van der Waals surface area contributed by atoms with Crippen LogP contribution in [0.5, 0.6) is 0 Å². The number of nitrogens with zero attached hydrogens (tertiary/aromatic N) is 3. The third kappa shape index (κ3) is 2.83. The van der Waals surface area contributed by atoms with Gasteiger partial charge in [-0.25, -0.2) is 4.68 Å². The van der Waals surface area contributed by atoms with E-state index in [1.807, 2.05) is 28.9 Å². The molecule has 0 aliphatic heterocycles. The fraction of sp³-hybridized carbons (Fsp3) is 0.357. The van der Waals surface area contributed by atoms with Gasteiger partial charge in [-0.1, -0.05) is 36.4 Å². The Morgan fingerprint density at radius 1 is 1.28 bits per heavy atom. The minimum absolute atomic E-state index is 0.181. The SMILES string of the molecule is CCCn1nncc1-c1ccc(CC(C)=O)cc1. The van der Waals surface area contributed by atoms with Crippen molar-refractivity contribution in [1.29, 1.82) is 0 Å². The van der Waals surface area contributed by atoms with Crippen LogP contribution in [-0.4, -0.2) is 20.8 Å². The molecule has 0 aliphatic carbocycles. The maximum atomic E-state index is 11.0. The lowest BCUT2D eigenvalue weighted by molar-refractivity contribution is -0.116. The quantitative estimate of drug-likeness (QED) is 0.810. The van der Waals surface area contributed by atoms with E-state index in [-0.39, 0.29) is 5.78 Å². The van der Waals surface area contributed by atoms with Crippen molar-refractivity contribution < 1.29 is 4.79 Å². The van der Waals surface area contributed by atoms with Crippen LogP contribution < -0.4 is 0 Å². The maximum absolute atomic E-state index is 11.0. The number of carbonyl (C=O) groups excluding carboxylic acids is 1. The second kappa shape index (κ2) is 5.58. The molecular weight excluding hydrogens is 226 g/mol. The molecule has 1 aromatic heterocycles. The van der Waals surface area contributed by atoms with Gasteiger partial charge in [0.2, 0.25) is 0 Å². The highest BCUT2D eigenvalue weighted by atomic mass is 16.1. The van der Waals surface area contributed by atoms with Crippen molar-refractivity contribution in [2.24, 2.45) is 0 Å². The topological polar surface area (TPSA) is 47.8 Å². The largest absolute Gasteiger partial charge is 0.300 e. The van der Waals surface area contributed by atoms with E-state index in [0.717, 1.165) is 29.8 Å². The van der Waals surface area contributed by atoms with E-state index in [9.17, 15) is 4.79 Å². The number of aryl methyl sites for hydroxylation is 1. The standard InChI is InChI=1S/C14H17N3O/c1-3-8-17-14(10-15-16-17)13-6-4-12(5-7-13)9-11(2)18/h4-7,10H,3,8-9H2,1-2H3. The summed E-state index contributed by atoms with van der Waals surface area (Å²) in [5.41, 5.74) is 3.15. The van der Waals surface area contributed by atoms with Gasteiger partial charge in [0.05, 0.1) is 11.9 Å². The summed E-state index contributed by atoms with van der Waals surface area (Å²) in [5.74, 6) is 0.181. The highest BCUT2D eigenvalue weighted by Gasteiger charge is 2.06. The Balaban J connectivity index is 2.23. The molecular formula is C14H17N3O. The lowest BCUT2D eigenvalue weighted by atomic mass is 10.1. The highest BCUT2D eigenvalue weighted by Crippen LogP contribution is 2.19. The van der Waals surface area contributed by atoms with Gasteiger partial charge in [-0.2, -0.15) is 0 Å². The molecule has 0 unspecified atom stereocenters. The van der Waals surface area contributed by atoms with Crippen molar-refractivity contribution >= 4 is 5.78 Å². The van der Waals surface area contributed by atoms with Crippen LogP contribution in [0.3, 0.4) is 0 Å². The van der Waals surface area contributed by atoms with Crippen LogP contribution in [0.2, 0.25) is 0 Å². The Labute approximate surface area is 107 Å². The zero-order chi connectivity index (χ0) is 13.0. The van der Waals surface area contributed by atoms with Crippen LogP contribution in [-0.2, 0) is 17.8 Å². The maximum Gasteiger partial charge on any atom is 0.134 e. The molecule has 0 amide bonds. The average molecular weight is 243 g/mol. The van der Waals surface area contributed by atoms with Gasteiger partial charge < -0.3 is 0 Å². The number of rotatable bonds is 5. The monoisotopic (exact) mass is 243 g/mol. The van der Waals surface area contributed by atoms with Gasteiger partial charge in [-0.05, 0) is 18.9 Å². The number of hydrogen-bond acceptors (Lipinski definition) is 3. The Kier molecular flexibility index (Phi) is 3.87. The summed E-state index contributed by atoms with van der Waals surface area (Å²) in [4.78, 5) is 11.0. The predicted molar refractivity (Wildman–Crippen MR) is 70.1 cm³/mol. The lowest BCUT2D eigenvalue weighted by Gasteiger charge is -2.05. The molecule has 0 radical (unpaired) electrons. The van der Waals surface area contributed by atoms with E-state index in [0.29, 0.717) is 6.42 Å². The summed E-state index contributed by atoms with van der Waals surface area (Å²) in [7, 11) is 0. The summed E-state index contributed by atoms with van der Waals surface area (Å²) in [5, 5.41) is 8.01. The number of aromatic nitrogens is 3. The first-order valence-corrected chi connectivity index (χ1v) is 6.18. The van der Waals surface area contributed by atoms with Crippen molar-refractivity contribution in [2.75, 3.05) is 0 Å². The molecule has 2 rings (SSSR count). The molecule has 0 saturated carbocycles. The first-order chi connectivity index (χ1) is 8.70. The molecule has 0 spiro atoms. The minimum atomic E-state index is 0.181. The molecule has 1 aromatic carbocycles. The van der Waals surface area contributed by atoms with Crippen molar-refractivity contribution in [2.45, 2.75) is 33.2 Å². The summed E-state index contributed by atoms with van der Waals surface area (Å²) in [6.45, 7) is 4.58. The Bertz CT molecular complexity index is 528. The minimum Gasteiger partial charge on any atom is -0.300 e. The fourth-order valence-electron chi connectivity index (χ4n) is 1.94. The average Bonchev–Trinajstić information content (AvgIpc) is 2.78. The van der Waals surface area contributed by atoms with Crippen LogP contribution in [0.1, 0.15) is 25.8 Å². The Morgan fingerprint density at radius 3 is 2.61 bits per heavy atom. The number of Topliss-reactive ketones (excluding diaryl/α,β-unsaturated/α-hetero) is 1. The van der Waals surface area contributed by atoms with Crippen LogP contribution in [0.25, 0.3) is 11.3 Å². The van der Waals surface area contributed by atoms with E-state index >= 15 is 0 Å². The summed E-state index contributed by atoms with van der Waals surface area (Å²) in [6, 6.07) is 8.01. The van der Waals surface area contributed by atoms with Crippen molar-refractivity contribution in [3.63, 3.8) is 0 Å².